The van der Waals surface area contributed by atoms with Gasteiger partial charge in [0.2, 0.25) is 0 Å². The lowest BCUT2D eigenvalue weighted by Crippen LogP contribution is -2.26. The predicted octanol–water partition coefficient (Wildman–Crippen LogP) is 4.19. The highest BCUT2D eigenvalue weighted by atomic mass is 35.5. The van der Waals surface area contributed by atoms with E-state index in [9.17, 15) is 4.39 Å². The van der Waals surface area contributed by atoms with Crippen LogP contribution in [0.5, 0.6) is 0 Å². The van der Waals surface area contributed by atoms with Crippen LogP contribution in [0.1, 0.15) is 32.3 Å². The van der Waals surface area contributed by atoms with Gasteiger partial charge < -0.3 is 4.90 Å². The number of alkyl halides is 1. The molecule has 0 fully saturated rings. The van der Waals surface area contributed by atoms with Crippen molar-refractivity contribution in [1.29, 1.82) is 0 Å². The van der Waals surface area contributed by atoms with Crippen LogP contribution in [0, 0.1) is 5.82 Å². The summed E-state index contributed by atoms with van der Waals surface area (Å²) in [6.07, 6.45) is 2.19. The maximum atomic E-state index is 13.8. The van der Waals surface area contributed by atoms with Crippen LogP contribution >= 0.6 is 11.6 Å². The number of hydrogen-bond acceptors (Lipinski definition) is 1. The third kappa shape index (κ3) is 3.11. The van der Waals surface area contributed by atoms with E-state index in [2.05, 4.69) is 11.8 Å². The molecule has 0 aliphatic rings. The summed E-state index contributed by atoms with van der Waals surface area (Å²) >= 11 is 5.85. The molecular weight excluding hydrogens is 225 g/mol. The molecule has 1 nitrogen and oxygen atoms in total. The first-order chi connectivity index (χ1) is 7.74. The van der Waals surface area contributed by atoms with Gasteiger partial charge in [0.1, 0.15) is 5.82 Å². The molecule has 0 aliphatic carbocycles. The number of para-hydroxylation sites is 1. The van der Waals surface area contributed by atoms with Crippen molar-refractivity contribution >= 4 is 17.3 Å². The molecule has 0 bridgehead atoms. The first-order valence-electron chi connectivity index (χ1n) is 5.82. The van der Waals surface area contributed by atoms with Gasteiger partial charge in [-0.1, -0.05) is 25.5 Å². The third-order valence-corrected chi connectivity index (χ3v) is 2.98. The van der Waals surface area contributed by atoms with Crippen LogP contribution in [-0.4, -0.2) is 13.1 Å². The average Bonchev–Trinajstić information content (AvgIpc) is 2.31. The standard InChI is InChI=1S/C13H19ClFN/c1-3-5-9-16(4-2)13-11(10-14)7-6-8-12(13)15/h6-8H,3-5,9-10H2,1-2H3. The van der Waals surface area contributed by atoms with E-state index in [4.69, 9.17) is 11.6 Å². The molecule has 0 saturated carbocycles. The summed E-state index contributed by atoms with van der Waals surface area (Å²) in [5, 5.41) is 0. The summed E-state index contributed by atoms with van der Waals surface area (Å²) in [7, 11) is 0. The topological polar surface area (TPSA) is 3.24 Å². The number of rotatable bonds is 6. The minimum absolute atomic E-state index is 0.170. The van der Waals surface area contributed by atoms with Crippen molar-refractivity contribution in [2.45, 2.75) is 32.6 Å². The van der Waals surface area contributed by atoms with E-state index >= 15 is 0 Å². The zero-order valence-corrected chi connectivity index (χ0v) is 10.7. The second-order valence-electron chi connectivity index (χ2n) is 3.81. The smallest absolute Gasteiger partial charge is 0.146 e. The number of unbranched alkanes of at least 4 members (excludes halogenated alkanes) is 1. The molecule has 0 atom stereocenters. The van der Waals surface area contributed by atoms with Gasteiger partial charge in [-0.2, -0.15) is 0 Å². The number of benzene rings is 1. The molecule has 0 radical (unpaired) electrons. The fourth-order valence-electron chi connectivity index (χ4n) is 1.80. The van der Waals surface area contributed by atoms with Gasteiger partial charge in [-0.05, 0) is 25.0 Å². The molecule has 3 heteroatoms. The number of anilines is 1. The van der Waals surface area contributed by atoms with Gasteiger partial charge >= 0.3 is 0 Å². The fourth-order valence-corrected chi connectivity index (χ4v) is 2.01. The van der Waals surface area contributed by atoms with E-state index in [1.165, 1.54) is 6.07 Å². The summed E-state index contributed by atoms with van der Waals surface area (Å²) in [5.74, 6) is 0.187. The Balaban J connectivity index is 2.97. The van der Waals surface area contributed by atoms with Crippen LogP contribution < -0.4 is 4.90 Å². The van der Waals surface area contributed by atoms with Crippen LogP contribution in [0.25, 0.3) is 0 Å². The van der Waals surface area contributed by atoms with Gasteiger partial charge in [-0.3, -0.25) is 0 Å². The molecule has 0 heterocycles. The number of hydrogen-bond donors (Lipinski definition) is 0. The normalized spacial score (nSPS) is 10.5. The first-order valence-corrected chi connectivity index (χ1v) is 6.36. The lowest BCUT2D eigenvalue weighted by Gasteiger charge is -2.25. The Bertz CT molecular complexity index is 328. The zero-order valence-electron chi connectivity index (χ0n) is 9.97. The largest absolute Gasteiger partial charge is 0.369 e. The Hall–Kier alpha value is -0.760. The molecular formula is C13H19ClFN. The van der Waals surface area contributed by atoms with Crippen LogP contribution in [-0.2, 0) is 5.88 Å². The van der Waals surface area contributed by atoms with E-state index in [1.54, 1.807) is 6.07 Å². The third-order valence-electron chi connectivity index (χ3n) is 2.69. The van der Waals surface area contributed by atoms with E-state index in [1.807, 2.05) is 13.0 Å². The Labute approximate surface area is 102 Å². The minimum atomic E-state index is -0.170. The highest BCUT2D eigenvalue weighted by molar-refractivity contribution is 6.17. The van der Waals surface area contributed by atoms with Gasteiger partial charge in [0.15, 0.2) is 0 Å². The molecule has 90 valence electrons. The van der Waals surface area contributed by atoms with Crippen molar-refractivity contribution in [1.82, 2.24) is 0 Å². The molecule has 0 spiro atoms. The Morgan fingerprint density at radius 2 is 2.06 bits per heavy atom. The molecule has 0 aromatic heterocycles. The van der Waals surface area contributed by atoms with Gasteiger partial charge in [0.05, 0.1) is 5.69 Å². The second kappa shape index (κ2) is 6.74. The van der Waals surface area contributed by atoms with Gasteiger partial charge in [-0.25, -0.2) is 4.39 Å². The SMILES string of the molecule is CCCCN(CC)c1c(F)cccc1CCl. The van der Waals surface area contributed by atoms with Gasteiger partial charge in [0, 0.05) is 19.0 Å². The second-order valence-corrected chi connectivity index (χ2v) is 4.08. The Kier molecular flexibility index (Phi) is 5.61. The molecule has 0 unspecified atom stereocenters. The lowest BCUT2D eigenvalue weighted by molar-refractivity contribution is 0.612. The van der Waals surface area contributed by atoms with E-state index < -0.39 is 0 Å². The van der Waals surface area contributed by atoms with Crippen molar-refractivity contribution in [2.75, 3.05) is 18.0 Å². The monoisotopic (exact) mass is 243 g/mol. The Morgan fingerprint density at radius 1 is 1.31 bits per heavy atom. The van der Waals surface area contributed by atoms with Crippen molar-refractivity contribution in [3.63, 3.8) is 0 Å². The molecule has 0 amide bonds. The van der Waals surface area contributed by atoms with Crippen molar-refractivity contribution < 1.29 is 4.39 Å². The summed E-state index contributed by atoms with van der Waals surface area (Å²) in [6.45, 7) is 5.88. The molecule has 1 rings (SSSR count). The predicted molar refractivity (Wildman–Crippen MR) is 68.8 cm³/mol. The van der Waals surface area contributed by atoms with Crippen LogP contribution in [0.2, 0.25) is 0 Å². The summed E-state index contributed by atoms with van der Waals surface area (Å²) < 4.78 is 13.8. The van der Waals surface area contributed by atoms with Gasteiger partial charge in [0.25, 0.3) is 0 Å². The van der Waals surface area contributed by atoms with E-state index in [0.717, 1.165) is 31.5 Å². The zero-order chi connectivity index (χ0) is 12.0. The average molecular weight is 244 g/mol. The number of halogens is 2. The minimum Gasteiger partial charge on any atom is -0.369 e. The summed E-state index contributed by atoms with van der Waals surface area (Å²) in [4.78, 5) is 2.07. The maximum absolute atomic E-state index is 13.8. The quantitative estimate of drug-likeness (QED) is 0.677. The molecule has 0 aliphatic heterocycles. The highest BCUT2D eigenvalue weighted by Crippen LogP contribution is 2.26. The molecule has 0 N–H and O–H groups in total. The highest BCUT2D eigenvalue weighted by Gasteiger charge is 2.13. The maximum Gasteiger partial charge on any atom is 0.146 e. The summed E-state index contributed by atoms with van der Waals surface area (Å²) in [6, 6.07) is 5.10. The van der Waals surface area contributed by atoms with E-state index in [-0.39, 0.29) is 5.82 Å². The van der Waals surface area contributed by atoms with Crippen LogP contribution in [0.3, 0.4) is 0 Å². The van der Waals surface area contributed by atoms with Crippen molar-refractivity contribution in [3.05, 3.63) is 29.6 Å². The molecule has 1 aromatic carbocycles. The fraction of sp³-hybridized carbons (Fsp3) is 0.538. The lowest BCUT2D eigenvalue weighted by atomic mass is 10.1. The number of nitrogens with zero attached hydrogens (tertiary/aromatic N) is 1. The van der Waals surface area contributed by atoms with Crippen molar-refractivity contribution in [3.8, 4) is 0 Å². The van der Waals surface area contributed by atoms with E-state index in [0.29, 0.717) is 11.6 Å². The van der Waals surface area contributed by atoms with Crippen LogP contribution in [0.4, 0.5) is 10.1 Å². The van der Waals surface area contributed by atoms with Crippen LogP contribution in [0.15, 0.2) is 18.2 Å². The van der Waals surface area contributed by atoms with Crippen molar-refractivity contribution in [2.24, 2.45) is 0 Å². The summed E-state index contributed by atoms with van der Waals surface area (Å²) in [5.41, 5.74) is 1.55. The Morgan fingerprint density at radius 3 is 2.62 bits per heavy atom. The molecule has 16 heavy (non-hydrogen) atoms. The first kappa shape index (κ1) is 13.3. The molecule has 0 saturated heterocycles. The molecule has 1 aromatic rings. The van der Waals surface area contributed by atoms with Gasteiger partial charge in [-0.15, -0.1) is 11.6 Å².